The molecule has 0 nitrogen and oxygen atoms in total. The summed E-state index contributed by atoms with van der Waals surface area (Å²) in [5.41, 5.74) is 1.47. The lowest BCUT2D eigenvalue weighted by Crippen LogP contribution is -1.85. The van der Waals surface area contributed by atoms with Crippen molar-refractivity contribution >= 4 is 31.5 Å². The molecule has 3 rings (SSSR count). The lowest BCUT2D eigenvalue weighted by molar-refractivity contribution is 0.878. The van der Waals surface area contributed by atoms with Crippen LogP contribution in [0.2, 0.25) is 0 Å². The molecule has 0 bridgehead atoms. The first-order chi connectivity index (χ1) is 8.77. The zero-order valence-electron chi connectivity index (χ0n) is 11.5. The van der Waals surface area contributed by atoms with Crippen molar-refractivity contribution in [2.45, 2.75) is 33.6 Å². The van der Waals surface area contributed by atoms with Gasteiger partial charge in [0, 0.05) is 20.2 Å². The van der Waals surface area contributed by atoms with Gasteiger partial charge in [-0.15, -0.1) is 11.3 Å². The van der Waals surface area contributed by atoms with Crippen LogP contribution in [0.1, 0.15) is 39.2 Å². The minimum atomic E-state index is 0.594. The molecule has 0 atom stereocenters. The molecular formula is C17H20S. The molecule has 0 aliphatic carbocycles. The molecule has 0 saturated heterocycles. The zero-order valence-corrected chi connectivity index (χ0v) is 12.3. The molecule has 0 unspecified atom stereocenters. The third kappa shape index (κ3) is 2.15. The molecule has 0 aliphatic rings. The Morgan fingerprint density at radius 3 is 2.22 bits per heavy atom. The van der Waals surface area contributed by atoms with Crippen LogP contribution in [0.25, 0.3) is 20.2 Å². The van der Waals surface area contributed by atoms with Crippen LogP contribution in [0.5, 0.6) is 0 Å². The van der Waals surface area contributed by atoms with Crippen molar-refractivity contribution in [1.82, 2.24) is 0 Å². The number of thiophene rings is 1. The number of fused-ring (bicyclic) bond motifs is 3. The van der Waals surface area contributed by atoms with Crippen molar-refractivity contribution in [2.24, 2.45) is 0 Å². The fraction of sp³-hybridized carbons (Fsp3) is 0.294. The summed E-state index contributed by atoms with van der Waals surface area (Å²) in [7, 11) is 0. The molecule has 0 amide bonds. The lowest BCUT2D eigenvalue weighted by Gasteiger charge is -2.05. The van der Waals surface area contributed by atoms with E-state index in [1.165, 1.54) is 25.7 Å². The molecule has 0 saturated carbocycles. The molecule has 0 aliphatic heterocycles. The Morgan fingerprint density at radius 2 is 1.50 bits per heavy atom. The molecule has 3 aromatic rings. The third-order valence-corrected chi connectivity index (χ3v) is 4.29. The van der Waals surface area contributed by atoms with Gasteiger partial charge in [-0.25, -0.2) is 0 Å². The molecule has 0 spiro atoms. The van der Waals surface area contributed by atoms with Gasteiger partial charge in [0.1, 0.15) is 0 Å². The molecule has 1 heterocycles. The highest BCUT2D eigenvalue weighted by Gasteiger charge is 2.09. The second-order valence-corrected chi connectivity index (χ2v) is 5.53. The molecule has 0 fully saturated rings. The highest BCUT2D eigenvalue weighted by Crippen LogP contribution is 2.37. The van der Waals surface area contributed by atoms with Gasteiger partial charge >= 0.3 is 0 Å². The summed E-state index contributed by atoms with van der Waals surface area (Å²) < 4.78 is 2.85. The van der Waals surface area contributed by atoms with Crippen LogP contribution in [0.15, 0.2) is 42.5 Å². The summed E-state index contributed by atoms with van der Waals surface area (Å²) in [6.07, 6.45) is 0. The summed E-state index contributed by atoms with van der Waals surface area (Å²) in [6, 6.07) is 15.3. The lowest BCUT2D eigenvalue weighted by atomic mass is 10.0. The largest absolute Gasteiger partial charge is 0.135 e. The van der Waals surface area contributed by atoms with E-state index in [1.54, 1.807) is 0 Å². The van der Waals surface area contributed by atoms with E-state index >= 15 is 0 Å². The number of hydrogen-bond donors (Lipinski definition) is 0. The molecule has 1 heteroatoms. The van der Waals surface area contributed by atoms with Crippen LogP contribution in [0.4, 0.5) is 0 Å². The summed E-state index contributed by atoms with van der Waals surface area (Å²) in [5.74, 6) is 0.594. The Hall–Kier alpha value is -1.34. The van der Waals surface area contributed by atoms with Gasteiger partial charge in [-0.2, -0.15) is 0 Å². The van der Waals surface area contributed by atoms with Crippen LogP contribution in [0.3, 0.4) is 0 Å². The van der Waals surface area contributed by atoms with Crippen LogP contribution in [-0.4, -0.2) is 0 Å². The average molecular weight is 256 g/mol. The molecule has 94 valence electrons. The number of hydrogen-bond acceptors (Lipinski definition) is 1. The van der Waals surface area contributed by atoms with Crippen molar-refractivity contribution in [3.05, 3.63) is 48.0 Å². The van der Waals surface area contributed by atoms with E-state index in [1.807, 2.05) is 25.2 Å². The first-order valence-corrected chi connectivity index (χ1v) is 7.49. The van der Waals surface area contributed by atoms with Crippen LogP contribution < -0.4 is 0 Å². The van der Waals surface area contributed by atoms with Gasteiger partial charge in [-0.1, -0.05) is 64.1 Å². The molecule has 2 aromatic carbocycles. The Morgan fingerprint density at radius 1 is 0.833 bits per heavy atom. The molecule has 1 aromatic heterocycles. The summed E-state index contributed by atoms with van der Waals surface area (Å²) in [4.78, 5) is 0. The van der Waals surface area contributed by atoms with Crippen molar-refractivity contribution in [3.63, 3.8) is 0 Å². The van der Waals surface area contributed by atoms with Crippen molar-refractivity contribution in [1.29, 1.82) is 0 Å². The standard InChI is InChI=1S/C15H14S.C2H6/c1-10(2)11-7-5-8-13-12-6-3-4-9-14(12)16-15(11)13;1-2/h3-10H,1-2H3;1-2H3. The predicted molar refractivity (Wildman–Crippen MR) is 84.8 cm³/mol. The minimum Gasteiger partial charge on any atom is -0.135 e. The number of benzene rings is 2. The quantitative estimate of drug-likeness (QED) is 0.486. The van der Waals surface area contributed by atoms with E-state index in [2.05, 4.69) is 56.3 Å². The Labute approximate surface area is 113 Å². The summed E-state index contributed by atoms with van der Waals surface area (Å²) in [6.45, 7) is 8.53. The predicted octanol–water partition coefficient (Wildman–Crippen LogP) is 6.20. The van der Waals surface area contributed by atoms with Gasteiger partial charge in [0.05, 0.1) is 0 Å². The van der Waals surface area contributed by atoms with E-state index in [4.69, 9.17) is 0 Å². The highest BCUT2D eigenvalue weighted by atomic mass is 32.1. The Kier molecular flexibility index (Phi) is 4.03. The SMILES string of the molecule is CC.CC(C)c1cccc2c1sc1ccccc12. The Bertz CT molecular complexity index is 647. The zero-order chi connectivity index (χ0) is 13.1. The molecule has 18 heavy (non-hydrogen) atoms. The smallest absolute Gasteiger partial charge is 0.0390 e. The van der Waals surface area contributed by atoms with Gasteiger partial charge in [0.2, 0.25) is 0 Å². The van der Waals surface area contributed by atoms with E-state index in [9.17, 15) is 0 Å². The second-order valence-electron chi connectivity index (χ2n) is 4.48. The maximum atomic E-state index is 2.26. The van der Waals surface area contributed by atoms with E-state index < -0.39 is 0 Å². The topological polar surface area (TPSA) is 0 Å². The van der Waals surface area contributed by atoms with Crippen LogP contribution >= 0.6 is 11.3 Å². The van der Waals surface area contributed by atoms with Gasteiger partial charge < -0.3 is 0 Å². The van der Waals surface area contributed by atoms with E-state index in [-0.39, 0.29) is 0 Å². The first kappa shape index (κ1) is 13.1. The molecule has 0 radical (unpaired) electrons. The summed E-state index contributed by atoms with van der Waals surface area (Å²) in [5, 5.41) is 2.80. The molecule has 0 N–H and O–H groups in total. The van der Waals surface area contributed by atoms with Gasteiger partial charge in [0.15, 0.2) is 0 Å². The fourth-order valence-electron chi connectivity index (χ4n) is 2.22. The third-order valence-electron chi connectivity index (χ3n) is 3.06. The minimum absolute atomic E-state index is 0.594. The van der Waals surface area contributed by atoms with Gasteiger partial charge in [0.25, 0.3) is 0 Å². The molecular weight excluding hydrogens is 236 g/mol. The second kappa shape index (κ2) is 5.53. The van der Waals surface area contributed by atoms with Crippen LogP contribution in [0, 0.1) is 0 Å². The number of rotatable bonds is 1. The Balaban J connectivity index is 0.000000574. The fourth-order valence-corrected chi connectivity index (χ4v) is 3.59. The van der Waals surface area contributed by atoms with Crippen molar-refractivity contribution < 1.29 is 0 Å². The van der Waals surface area contributed by atoms with Crippen molar-refractivity contribution in [2.75, 3.05) is 0 Å². The normalized spacial score (nSPS) is 10.7. The van der Waals surface area contributed by atoms with Crippen LogP contribution in [-0.2, 0) is 0 Å². The monoisotopic (exact) mass is 256 g/mol. The van der Waals surface area contributed by atoms with E-state index in [0.29, 0.717) is 5.92 Å². The van der Waals surface area contributed by atoms with E-state index in [0.717, 1.165) is 0 Å². The first-order valence-electron chi connectivity index (χ1n) is 6.67. The summed E-state index contributed by atoms with van der Waals surface area (Å²) >= 11 is 1.92. The van der Waals surface area contributed by atoms with Gasteiger partial charge in [-0.3, -0.25) is 0 Å². The average Bonchev–Trinajstić information content (AvgIpc) is 2.79. The maximum absolute atomic E-state index is 2.26. The van der Waals surface area contributed by atoms with Gasteiger partial charge in [-0.05, 0) is 17.5 Å². The highest BCUT2D eigenvalue weighted by molar-refractivity contribution is 7.26. The maximum Gasteiger partial charge on any atom is 0.0390 e. The van der Waals surface area contributed by atoms with Crippen molar-refractivity contribution in [3.8, 4) is 0 Å².